The molecule has 9 rings (SSSR count). The predicted octanol–water partition coefficient (Wildman–Crippen LogP) is 25.8. The number of halogens is 3. The molecule has 1 aliphatic heterocycles. The van der Waals surface area contributed by atoms with Crippen molar-refractivity contribution < 1.29 is 110 Å². The molecule has 0 saturated carbocycles. The number of aromatic hydroxyl groups is 2. The number of amides is 5. The summed E-state index contributed by atoms with van der Waals surface area (Å²) in [6, 6.07) is 50.1. The summed E-state index contributed by atoms with van der Waals surface area (Å²) in [5.74, 6) is 6.48. The minimum absolute atomic E-state index is 0.0573. The maximum Gasteiger partial charge on any atom is 0.495 e. The molecule has 0 aliphatic carbocycles. The first-order valence-electron chi connectivity index (χ1n) is 48.0. The third-order valence-electron chi connectivity index (χ3n) is 19.4. The van der Waals surface area contributed by atoms with Crippen molar-refractivity contribution in [2.75, 3.05) is 92.7 Å². The fourth-order valence-corrected chi connectivity index (χ4v) is 13.9. The first-order chi connectivity index (χ1) is 65.8. The van der Waals surface area contributed by atoms with Crippen molar-refractivity contribution in [2.45, 2.75) is 269 Å². The van der Waals surface area contributed by atoms with E-state index in [9.17, 15) is 24.0 Å². The topological polar surface area (TPSA) is 334 Å². The standard InChI is InChI=1S/C52H71N3O10.C24H40BNO6.C18H28BrNO4.C8H9BrO.C6H5BrO2/c1-11-12-24-59-43-31-41(32-44(35-43)60-25-16-21-53-47(56)63-50(2,3)4)39-28-38(37-19-14-13-15-20-37)29-40(30-39)42-33-45(61-26-17-22-54-48(57)64-51(5,6)7)36-46(34-42)62-27-18-23-55-49(58)65-52(8,9)10;1-9-10-13-28-19-15-18(25-31-23(5,6)24(7,8)32-25)16-20(17-19)29-14-11-12-26-21(27)30-22(2,3)4;1-5-6-9-22-15-11-14(19)12-16(13-15)23-10-7-8-20-17(21)24-18(2,3)4;1-6-3-7(9)5-8(4-6)10-2;7-4-1-5(8)3-6(9)2-4/h13-15,19-20,28-36H,11-12,16-18,21-27H2,1-10H3,(H,53,56)(H,54,57)(H,55,58);15-17H,9-14H2,1-8H3,(H,26,27);11-13H,5-10H2,1-4H3,(H,20,21);3-5H,1-2H3;1-3,8-9H. The van der Waals surface area contributed by atoms with E-state index >= 15 is 0 Å². The molecule has 1 heterocycles. The summed E-state index contributed by atoms with van der Waals surface area (Å²) in [5, 5.41) is 31.4. The van der Waals surface area contributed by atoms with E-state index in [1.54, 1.807) is 7.11 Å². The summed E-state index contributed by atoms with van der Waals surface area (Å²) >= 11 is 9.92. The van der Waals surface area contributed by atoms with Crippen LogP contribution in [0.15, 0.2) is 171 Å². The molecule has 8 aromatic rings. The number of hydrogen-bond acceptors (Lipinski definition) is 23. The lowest BCUT2D eigenvalue weighted by Gasteiger charge is -2.32. The highest BCUT2D eigenvalue weighted by atomic mass is 79.9. The number of alkyl carbamates (subject to hydrolysis) is 5. The average molecular weight is 2140 g/mol. The molecule has 0 radical (unpaired) electrons. The van der Waals surface area contributed by atoms with Crippen LogP contribution in [0.5, 0.6) is 63.2 Å². The molecule has 0 bridgehead atoms. The van der Waals surface area contributed by atoms with Gasteiger partial charge in [0, 0.05) is 76.5 Å². The molecule has 140 heavy (non-hydrogen) atoms. The van der Waals surface area contributed by atoms with Crippen molar-refractivity contribution in [3.05, 3.63) is 177 Å². The Morgan fingerprint density at radius 2 is 0.557 bits per heavy atom. The van der Waals surface area contributed by atoms with E-state index in [1.165, 1.54) is 23.8 Å². The number of phenolic OH excluding ortho intramolecular Hbond substituents is 2. The molecule has 28 nitrogen and oxygen atoms in total. The molecular weight excluding hydrogens is 1990 g/mol. The van der Waals surface area contributed by atoms with Gasteiger partial charge in [-0.2, -0.15) is 0 Å². The Hall–Kier alpha value is -10.7. The van der Waals surface area contributed by atoms with Crippen LogP contribution in [0.1, 0.15) is 229 Å². The molecule has 1 aliphatic rings. The highest BCUT2D eigenvalue weighted by Crippen LogP contribution is 2.41. The van der Waals surface area contributed by atoms with Gasteiger partial charge in [-0.3, -0.25) is 0 Å². The van der Waals surface area contributed by atoms with Crippen molar-refractivity contribution in [1.82, 2.24) is 26.6 Å². The Balaban J connectivity index is 0.000000376. The number of benzene rings is 8. The average Bonchev–Trinajstić information content (AvgIpc) is 1.68. The normalized spacial score (nSPS) is 12.5. The van der Waals surface area contributed by atoms with Crippen molar-refractivity contribution in [2.24, 2.45) is 0 Å². The summed E-state index contributed by atoms with van der Waals surface area (Å²) in [4.78, 5) is 59.9. The molecular formula is C108H153BBr3N5O23. The smallest absolute Gasteiger partial charge is 0.495 e. The Morgan fingerprint density at radius 3 is 0.821 bits per heavy atom. The molecule has 0 atom stereocenters. The zero-order chi connectivity index (χ0) is 104. The lowest BCUT2D eigenvalue weighted by molar-refractivity contribution is 0.00578. The maximum atomic E-state index is 12.2. The molecule has 8 aromatic carbocycles. The molecule has 7 N–H and O–H groups in total. The molecule has 5 amide bonds. The second-order valence-corrected chi connectivity index (χ2v) is 41.8. The highest BCUT2D eigenvalue weighted by Gasteiger charge is 2.52. The van der Waals surface area contributed by atoms with Gasteiger partial charge in [0.1, 0.15) is 91.2 Å². The summed E-state index contributed by atoms with van der Waals surface area (Å²) in [7, 11) is 1.17. The Morgan fingerprint density at radius 1 is 0.314 bits per heavy atom. The van der Waals surface area contributed by atoms with Crippen molar-refractivity contribution >= 4 is 90.8 Å². The lowest BCUT2D eigenvalue weighted by atomic mass is 9.79. The maximum absolute atomic E-state index is 12.2. The number of aryl methyl sites for hydroxylation is 1. The lowest BCUT2D eigenvalue weighted by Crippen LogP contribution is -2.41. The van der Waals surface area contributed by atoms with Crippen LogP contribution in [-0.2, 0) is 33.0 Å². The van der Waals surface area contributed by atoms with Gasteiger partial charge in [0.2, 0.25) is 0 Å². The Labute approximate surface area is 856 Å². The first-order valence-corrected chi connectivity index (χ1v) is 50.4. The zero-order valence-corrected chi connectivity index (χ0v) is 91.4. The third kappa shape index (κ3) is 51.7. The summed E-state index contributed by atoms with van der Waals surface area (Å²) in [5.41, 5.74) is 4.12. The van der Waals surface area contributed by atoms with E-state index in [0.717, 1.165) is 109 Å². The number of methoxy groups -OCH3 is 1. The third-order valence-corrected chi connectivity index (χ3v) is 20.8. The van der Waals surface area contributed by atoms with Crippen LogP contribution in [0, 0.1) is 6.92 Å². The first kappa shape index (κ1) is 120. The quantitative estimate of drug-likeness (QED) is 0.0106. The molecule has 0 spiro atoms. The second kappa shape index (κ2) is 59.9. The molecule has 0 aromatic heterocycles. The largest absolute Gasteiger partial charge is 0.508 e. The zero-order valence-electron chi connectivity index (χ0n) is 86.7. The Bertz CT molecular complexity index is 4950. The number of hydrogen-bond donors (Lipinski definition) is 7. The minimum Gasteiger partial charge on any atom is -0.508 e. The fraction of sp³-hybridized carbons (Fsp3) is 0.509. The SMILES string of the molecule is CCCCOc1cc(Br)cc(OCCCNC(=O)OC(C)(C)C)c1.CCCCOc1cc(OCCCNC(=O)OC(C)(C)C)cc(-c2cc(-c3ccccc3)cc(-c3cc(OCCCNC(=O)OC(C)(C)C)cc(OCCCNC(=O)OC(C)(C)C)c3)c2)c1.CCCCOc1cc(OCCCNC(=O)OC(C)(C)C)cc(B2OC(C)(C)C(C)(C)O2)c1.COc1cc(C)cc(Br)c1.Oc1cc(O)cc(Br)c1. The van der Waals surface area contributed by atoms with Gasteiger partial charge in [0.15, 0.2) is 0 Å². The van der Waals surface area contributed by atoms with E-state index in [2.05, 4.69) is 125 Å². The van der Waals surface area contributed by atoms with Crippen LogP contribution < -0.4 is 74.7 Å². The van der Waals surface area contributed by atoms with Crippen molar-refractivity contribution in [1.29, 1.82) is 0 Å². The molecule has 772 valence electrons. The van der Waals surface area contributed by atoms with E-state index in [-0.39, 0.29) is 11.5 Å². The van der Waals surface area contributed by atoms with Crippen molar-refractivity contribution in [3.8, 4) is 96.6 Å². The number of phenols is 2. The molecule has 1 fully saturated rings. The highest BCUT2D eigenvalue weighted by molar-refractivity contribution is 9.11. The van der Waals surface area contributed by atoms with Crippen LogP contribution >= 0.6 is 47.8 Å². The summed E-state index contributed by atoms with van der Waals surface area (Å²) in [6.07, 6.45) is 6.83. The predicted molar refractivity (Wildman–Crippen MR) is 565 cm³/mol. The van der Waals surface area contributed by atoms with Gasteiger partial charge in [-0.1, -0.05) is 118 Å². The molecule has 32 heteroatoms. The van der Waals surface area contributed by atoms with Crippen LogP contribution in [-0.4, -0.2) is 180 Å². The second-order valence-electron chi connectivity index (χ2n) is 39.1. The van der Waals surface area contributed by atoms with Crippen molar-refractivity contribution in [3.63, 3.8) is 0 Å². The molecule has 0 unspecified atom stereocenters. The number of carbonyl (C=O) groups is 5. The van der Waals surface area contributed by atoms with Gasteiger partial charge >= 0.3 is 37.6 Å². The summed E-state index contributed by atoms with van der Waals surface area (Å²) < 4.78 is 95.0. The van der Waals surface area contributed by atoms with Gasteiger partial charge in [0.05, 0.1) is 71.2 Å². The van der Waals surface area contributed by atoms with Crippen LogP contribution in [0.2, 0.25) is 0 Å². The van der Waals surface area contributed by atoms with Crippen LogP contribution in [0.25, 0.3) is 33.4 Å². The van der Waals surface area contributed by atoms with Crippen LogP contribution in [0.3, 0.4) is 0 Å². The number of carbonyl (C=O) groups excluding carboxylic acids is 5. The van der Waals surface area contributed by atoms with Gasteiger partial charge < -0.3 is 112 Å². The molecule has 1 saturated heterocycles. The summed E-state index contributed by atoms with van der Waals surface area (Å²) in [6.45, 7) is 50.0. The van der Waals surface area contributed by atoms with Crippen LogP contribution in [0.4, 0.5) is 24.0 Å². The van der Waals surface area contributed by atoms with E-state index in [1.807, 2.05) is 248 Å². The van der Waals surface area contributed by atoms with Gasteiger partial charge in [-0.25, -0.2) is 24.0 Å². The fourth-order valence-electron chi connectivity index (χ4n) is 12.4. The van der Waals surface area contributed by atoms with Gasteiger partial charge in [-0.15, -0.1) is 0 Å². The van der Waals surface area contributed by atoms with E-state index in [4.69, 9.17) is 85.8 Å². The monoisotopic (exact) mass is 2140 g/mol. The number of nitrogens with one attached hydrogen (secondary N) is 5. The van der Waals surface area contributed by atoms with E-state index < -0.39 is 76.8 Å². The van der Waals surface area contributed by atoms with Gasteiger partial charge in [0.25, 0.3) is 0 Å². The number of unbranched alkanes of at least 4 members (excludes halogenated alkanes) is 3. The van der Waals surface area contributed by atoms with E-state index in [0.29, 0.717) is 151 Å². The Kier molecular flexibility index (Phi) is 51.3. The van der Waals surface area contributed by atoms with Gasteiger partial charge in [-0.05, 0) is 331 Å². The number of rotatable bonds is 42. The number of ether oxygens (including phenoxy) is 14. The minimum atomic E-state index is -0.592.